The lowest BCUT2D eigenvalue weighted by atomic mass is 10.2. The van der Waals surface area contributed by atoms with Crippen molar-refractivity contribution in [1.29, 1.82) is 0 Å². The molecule has 0 unspecified atom stereocenters. The number of aromatic carboxylic acids is 1. The van der Waals surface area contributed by atoms with Crippen molar-refractivity contribution in [3.63, 3.8) is 0 Å². The van der Waals surface area contributed by atoms with Gasteiger partial charge < -0.3 is 15.7 Å². The van der Waals surface area contributed by atoms with E-state index in [0.717, 1.165) is 12.8 Å². The maximum absolute atomic E-state index is 11.0. The first kappa shape index (κ1) is 14.0. The van der Waals surface area contributed by atoms with E-state index >= 15 is 0 Å². The van der Waals surface area contributed by atoms with Gasteiger partial charge >= 0.3 is 5.97 Å². The number of rotatable bonds is 7. The van der Waals surface area contributed by atoms with Crippen molar-refractivity contribution in [2.24, 2.45) is 5.73 Å². The van der Waals surface area contributed by atoms with E-state index in [1.165, 1.54) is 12.3 Å². The van der Waals surface area contributed by atoms with Crippen LogP contribution in [0.25, 0.3) is 0 Å². The molecule has 98 valence electrons. The molecule has 3 N–H and O–H groups in total. The molecular formula is C12H17N3O3. The summed E-state index contributed by atoms with van der Waals surface area (Å²) >= 11 is 0. The second kappa shape index (κ2) is 6.58. The zero-order valence-corrected chi connectivity index (χ0v) is 10.3. The number of unbranched alkanes of at least 4 members (excludes halogenated alkanes) is 1. The zero-order valence-electron chi connectivity index (χ0n) is 10.3. The fourth-order valence-electron chi connectivity index (χ4n) is 1.51. The monoisotopic (exact) mass is 251 g/mol. The summed E-state index contributed by atoms with van der Waals surface area (Å²) in [7, 11) is 0. The topological polar surface area (TPSA) is 96.5 Å². The lowest BCUT2D eigenvalue weighted by Crippen LogP contribution is -2.35. The highest BCUT2D eigenvalue weighted by atomic mass is 16.4. The fraction of sp³-hybridized carbons (Fsp3) is 0.417. The standard InChI is InChI=1S/C12H17N3O3/c1-2-3-6-15(8-10(13)16)11-5-4-9(7-14-11)12(17)18/h4-5,7H,2-3,6,8H2,1H3,(H2,13,16)(H,17,18). The van der Waals surface area contributed by atoms with E-state index in [1.54, 1.807) is 11.0 Å². The first-order chi connectivity index (χ1) is 8.54. The SMILES string of the molecule is CCCCN(CC(N)=O)c1ccc(C(=O)O)cn1. The third kappa shape index (κ3) is 4.04. The van der Waals surface area contributed by atoms with Gasteiger partial charge in [0.25, 0.3) is 0 Å². The number of pyridine rings is 1. The molecule has 1 rings (SSSR count). The van der Waals surface area contributed by atoms with Crippen LogP contribution in [0.5, 0.6) is 0 Å². The number of amides is 1. The summed E-state index contributed by atoms with van der Waals surface area (Å²) in [5, 5.41) is 8.77. The number of carboxylic acids is 1. The van der Waals surface area contributed by atoms with E-state index in [1.807, 2.05) is 6.92 Å². The fourth-order valence-corrected chi connectivity index (χ4v) is 1.51. The average molecular weight is 251 g/mol. The molecule has 1 aromatic rings. The maximum Gasteiger partial charge on any atom is 0.337 e. The highest BCUT2D eigenvalue weighted by Crippen LogP contribution is 2.12. The Labute approximate surface area is 105 Å². The van der Waals surface area contributed by atoms with E-state index < -0.39 is 11.9 Å². The van der Waals surface area contributed by atoms with Crippen molar-refractivity contribution in [1.82, 2.24) is 4.98 Å². The van der Waals surface area contributed by atoms with Crippen LogP contribution in [0.15, 0.2) is 18.3 Å². The van der Waals surface area contributed by atoms with Gasteiger partial charge in [0.2, 0.25) is 5.91 Å². The molecule has 1 amide bonds. The molecule has 0 spiro atoms. The minimum atomic E-state index is -1.02. The van der Waals surface area contributed by atoms with Crippen molar-refractivity contribution < 1.29 is 14.7 Å². The Kier molecular flexibility index (Phi) is 5.10. The minimum Gasteiger partial charge on any atom is -0.478 e. The summed E-state index contributed by atoms with van der Waals surface area (Å²) in [4.78, 5) is 27.5. The number of aromatic nitrogens is 1. The number of primary amides is 1. The summed E-state index contributed by atoms with van der Waals surface area (Å²) in [5.74, 6) is -0.897. The Morgan fingerprint density at radius 3 is 2.61 bits per heavy atom. The van der Waals surface area contributed by atoms with E-state index in [0.29, 0.717) is 12.4 Å². The lowest BCUT2D eigenvalue weighted by molar-refractivity contribution is -0.116. The lowest BCUT2D eigenvalue weighted by Gasteiger charge is -2.21. The molecule has 6 heteroatoms. The maximum atomic E-state index is 11.0. The molecule has 0 aliphatic heterocycles. The summed E-state index contributed by atoms with van der Waals surface area (Å²) in [6.45, 7) is 2.79. The molecule has 0 aromatic carbocycles. The quantitative estimate of drug-likeness (QED) is 0.749. The van der Waals surface area contributed by atoms with Crippen molar-refractivity contribution in [3.8, 4) is 0 Å². The molecule has 6 nitrogen and oxygen atoms in total. The molecule has 0 bridgehead atoms. The number of nitrogens with zero attached hydrogens (tertiary/aromatic N) is 2. The first-order valence-electron chi connectivity index (χ1n) is 5.77. The number of carbonyl (C=O) groups excluding carboxylic acids is 1. The highest BCUT2D eigenvalue weighted by Gasteiger charge is 2.11. The van der Waals surface area contributed by atoms with Gasteiger partial charge in [-0.25, -0.2) is 9.78 Å². The average Bonchev–Trinajstić information content (AvgIpc) is 2.34. The molecule has 1 aromatic heterocycles. The molecule has 0 atom stereocenters. The Bertz CT molecular complexity index is 417. The molecular weight excluding hydrogens is 234 g/mol. The summed E-state index contributed by atoms with van der Waals surface area (Å²) in [6.07, 6.45) is 3.18. The van der Waals surface area contributed by atoms with Crippen molar-refractivity contribution >= 4 is 17.7 Å². The van der Waals surface area contributed by atoms with Crippen molar-refractivity contribution in [2.45, 2.75) is 19.8 Å². The molecule has 1 heterocycles. The van der Waals surface area contributed by atoms with Gasteiger partial charge in [-0.2, -0.15) is 0 Å². The number of anilines is 1. The van der Waals surface area contributed by atoms with Crippen LogP contribution in [0.1, 0.15) is 30.1 Å². The summed E-state index contributed by atoms with van der Waals surface area (Å²) in [6, 6.07) is 3.05. The first-order valence-corrected chi connectivity index (χ1v) is 5.77. The van der Waals surface area contributed by atoms with Crippen LogP contribution in [-0.4, -0.2) is 35.1 Å². The number of carboxylic acid groups (broad SMARTS) is 1. The molecule has 0 radical (unpaired) electrons. The van der Waals surface area contributed by atoms with Gasteiger partial charge in [-0.15, -0.1) is 0 Å². The Morgan fingerprint density at radius 1 is 1.44 bits per heavy atom. The van der Waals surface area contributed by atoms with Crippen LogP contribution in [0.4, 0.5) is 5.82 Å². The van der Waals surface area contributed by atoms with Crippen molar-refractivity contribution in [2.75, 3.05) is 18.0 Å². The Morgan fingerprint density at radius 2 is 2.17 bits per heavy atom. The molecule has 0 saturated carbocycles. The van der Waals surface area contributed by atoms with E-state index in [-0.39, 0.29) is 12.1 Å². The third-order valence-corrected chi connectivity index (χ3v) is 2.45. The van der Waals surface area contributed by atoms with Gasteiger partial charge in [0.1, 0.15) is 5.82 Å². The predicted octanol–water partition coefficient (Wildman–Crippen LogP) is 0.872. The van der Waals surface area contributed by atoms with Gasteiger partial charge in [-0.3, -0.25) is 4.79 Å². The van der Waals surface area contributed by atoms with Gasteiger partial charge in [0.15, 0.2) is 0 Å². The van der Waals surface area contributed by atoms with E-state index in [9.17, 15) is 9.59 Å². The number of hydrogen-bond donors (Lipinski definition) is 2. The summed E-state index contributed by atoms with van der Waals surface area (Å²) in [5.41, 5.74) is 5.30. The largest absolute Gasteiger partial charge is 0.478 e. The van der Waals surface area contributed by atoms with Crippen molar-refractivity contribution in [3.05, 3.63) is 23.9 Å². The van der Waals surface area contributed by atoms with Crippen LogP contribution >= 0.6 is 0 Å². The molecule has 18 heavy (non-hydrogen) atoms. The predicted molar refractivity (Wildman–Crippen MR) is 67.5 cm³/mol. The number of hydrogen-bond acceptors (Lipinski definition) is 4. The van der Waals surface area contributed by atoms with Gasteiger partial charge in [-0.05, 0) is 18.6 Å². The van der Waals surface area contributed by atoms with Gasteiger partial charge in [-0.1, -0.05) is 13.3 Å². The van der Waals surface area contributed by atoms with Gasteiger partial charge in [0.05, 0.1) is 12.1 Å². The minimum absolute atomic E-state index is 0.0828. The summed E-state index contributed by atoms with van der Waals surface area (Å²) < 4.78 is 0. The molecule has 0 aliphatic rings. The third-order valence-electron chi connectivity index (χ3n) is 2.45. The van der Waals surface area contributed by atoms with Crippen LogP contribution in [0.3, 0.4) is 0 Å². The zero-order chi connectivity index (χ0) is 13.5. The molecule has 0 aliphatic carbocycles. The van der Waals surface area contributed by atoms with E-state index in [2.05, 4.69) is 4.98 Å². The van der Waals surface area contributed by atoms with Crippen LogP contribution in [-0.2, 0) is 4.79 Å². The van der Waals surface area contributed by atoms with Gasteiger partial charge in [0, 0.05) is 12.7 Å². The van der Waals surface area contributed by atoms with E-state index in [4.69, 9.17) is 10.8 Å². The second-order valence-corrected chi connectivity index (χ2v) is 3.95. The number of carbonyl (C=O) groups is 2. The van der Waals surface area contributed by atoms with Crippen LogP contribution < -0.4 is 10.6 Å². The normalized spacial score (nSPS) is 10.1. The molecule has 0 fully saturated rings. The second-order valence-electron chi connectivity index (χ2n) is 3.95. The molecule has 0 saturated heterocycles. The Hall–Kier alpha value is -2.11. The van der Waals surface area contributed by atoms with Crippen LogP contribution in [0, 0.1) is 0 Å². The highest BCUT2D eigenvalue weighted by molar-refractivity contribution is 5.87. The Balaban J connectivity index is 2.83. The van der Waals surface area contributed by atoms with Crippen LogP contribution in [0.2, 0.25) is 0 Å². The smallest absolute Gasteiger partial charge is 0.337 e. The number of nitrogens with two attached hydrogens (primary N) is 1.